The minimum atomic E-state index is -5.00. The molecule has 0 spiro atoms. The average molecular weight is 457 g/mol. The summed E-state index contributed by atoms with van der Waals surface area (Å²) in [5.41, 5.74) is 2.20. The van der Waals surface area contributed by atoms with Crippen molar-refractivity contribution in [2.24, 2.45) is 7.05 Å². The molecule has 0 aromatic carbocycles. The van der Waals surface area contributed by atoms with Gasteiger partial charge < -0.3 is 19.7 Å². The molecule has 2 fully saturated rings. The number of carbonyl (C=O) groups excluding carboxylic acids is 1. The molecule has 2 N–H and O–H groups in total. The third-order valence-corrected chi connectivity index (χ3v) is 5.60. The molecule has 1 aliphatic heterocycles. The van der Waals surface area contributed by atoms with Gasteiger partial charge in [0.1, 0.15) is 11.4 Å². The fourth-order valence-corrected chi connectivity index (χ4v) is 3.98. The molecule has 8 nitrogen and oxygen atoms in total. The van der Waals surface area contributed by atoms with Crippen molar-refractivity contribution in [3.05, 3.63) is 30.0 Å². The molecule has 32 heavy (non-hydrogen) atoms. The zero-order chi connectivity index (χ0) is 23.1. The van der Waals surface area contributed by atoms with E-state index in [-0.39, 0.29) is 13.4 Å². The second-order valence-corrected chi connectivity index (χ2v) is 8.05. The number of aliphatic hydroxyl groups is 1. The number of rotatable bonds is 4. The molecule has 1 saturated carbocycles. The third kappa shape index (κ3) is 7.27. The average Bonchev–Trinajstić information content (AvgIpc) is 3.19. The van der Waals surface area contributed by atoms with E-state index in [2.05, 4.69) is 15.3 Å². The molecule has 3 heterocycles. The fourth-order valence-electron chi connectivity index (χ4n) is 3.98. The van der Waals surface area contributed by atoms with Gasteiger partial charge in [-0.3, -0.25) is 4.79 Å². The normalized spacial score (nSPS) is 18.0. The summed E-state index contributed by atoms with van der Waals surface area (Å²) in [6, 6.07) is 2.13. The summed E-state index contributed by atoms with van der Waals surface area (Å²) in [5.74, 6) is 0.767. The van der Waals surface area contributed by atoms with E-state index in [1.807, 2.05) is 17.7 Å². The quantitative estimate of drug-likeness (QED) is 0.728. The molecular formula is C21H30F3N5O3. The van der Waals surface area contributed by atoms with Crippen molar-refractivity contribution in [2.75, 3.05) is 13.2 Å². The number of hydrogen-bond donors (Lipinski definition) is 2. The number of nitrogens with zero attached hydrogens (tertiary/aromatic N) is 4. The molecule has 1 amide bonds. The van der Waals surface area contributed by atoms with Crippen molar-refractivity contribution in [3.8, 4) is 11.5 Å². The highest BCUT2D eigenvalue weighted by Gasteiger charge is 2.24. The largest absolute Gasteiger partial charge is 0.519 e. The van der Waals surface area contributed by atoms with Crippen molar-refractivity contribution in [1.82, 2.24) is 24.8 Å². The Morgan fingerprint density at radius 1 is 1.19 bits per heavy atom. The summed E-state index contributed by atoms with van der Waals surface area (Å²) in [6.45, 7) is 1.47. The molecule has 0 atom stereocenters. The van der Waals surface area contributed by atoms with Crippen LogP contribution in [-0.4, -0.2) is 56.2 Å². The molecular weight excluding hydrogens is 427 g/mol. The molecule has 0 radical (unpaired) electrons. The zero-order valence-corrected chi connectivity index (χ0v) is 17.9. The van der Waals surface area contributed by atoms with Gasteiger partial charge in [0.15, 0.2) is 5.82 Å². The van der Waals surface area contributed by atoms with Gasteiger partial charge in [0.25, 0.3) is 5.91 Å². The Balaban J connectivity index is 0.000000583. The highest BCUT2D eigenvalue weighted by atomic mass is 19.4. The molecule has 1 saturated heterocycles. The lowest BCUT2D eigenvalue weighted by Crippen LogP contribution is -2.36. The van der Waals surface area contributed by atoms with E-state index in [1.54, 1.807) is 12.5 Å². The van der Waals surface area contributed by atoms with Crippen molar-refractivity contribution >= 4 is 5.91 Å². The van der Waals surface area contributed by atoms with Crippen LogP contribution >= 0.6 is 0 Å². The van der Waals surface area contributed by atoms with Gasteiger partial charge >= 0.3 is 6.36 Å². The minimum absolute atomic E-state index is 0. The van der Waals surface area contributed by atoms with E-state index in [9.17, 15) is 18.0 Å². The molecule has 4 rings (SSSR count). The number of ether oxygens (including phenoxy) is 1. The van der Waals surface area contributed by atoms with Crippen LogP contribution in [0.25, 0.3) is 11.5 Å². The van der Waals surface area contributed by atoms with Gasteiger partial charge in [0.05, 0.1) is 12.5 Å². The summed E-state index contributed by atoms with van der Waals surface area (Å²) in [5, 5.41) is 9.70. The Bertz CT molecular complexity index is 892. The lowest BCUT2D eigenvalue weighted by atomic mass is 9.94. The number of nitrogens with one attached hydrogen (secondary N) is 1. The second kappa shape index (κ2) is 10.9. The van der Waals surface area contributed by atoms with E-state index in [4.69, 9.17) is 14.8 Å². The first kappa shape index (κ1) is 24.1. The fraction of sp³-hybridized carbons (Fsp3) is 0.619. The number of aromatic nitrogens is 4. The van der Waals surface area contributed by atoms with Crippen LogP contribution in [0.3, 0.4) is 0 Å². The van der Waals surface area contributed by atoms with Gasteiger partial charge in [-0.15, -0.1) is 13.2 Å². The van der Waals surface area contributed by atoms with Gasteiger partial charge in [0, 0.05) is 39.3 Å². The van der Waals surface area contributed by atoms with Crippen LogP contribution in [-0.2, 0) is 11.8 Å². The third-order valence-electron chi connectivity index (χ3n) is 5.60. The van der Waals surface area contributed by atoms with E-state index >= 15 is 0 Å². The lowest BCUT2D eigenvalue weighted by Gasteiger charge is -2.24. The van der Waals surface area contributed by atoms with E-state index < -0.39 is 6.36 Å². The Morgan fingerprint density at radius 2 is 1.84 bits per heavy atom. The van der Waals surface area contributed by atoms with Crippen molar-refractivity contribution in [2.45, 2.75) is 63.3 Å². The van der Waals surface area contributed by atoms with Gasteiger partial charge in [-0.1, -0.05) is 19.3 Å². The molecule has 2 aliphatic rings. The maximum Gasteiger partial charge on any atom is 0.519 e. The van der Waals surface area contributed by atoms with Crippen molar-refractivity contribution in [3.63, 3.8) is 0 Å². The number of carbonyl (C=O) groups is 1. The maximum absolute atomic E-state index is 12.9. The van der Waals surface area contributed by atoms with Crippen LogP contribution in [0.1, 0.15) is 68.5 Å². The first-order valence-electron chi connectivity index (χ1n) is 10.7. The number of alkyl halides is 3. The Hall–Kier alpha value is -2.53. The summed E-state index contributed by atoms with van der Waals surface area (Å²) in [4.78, 5) is 26.4. The molecule has 2 aromatic heterocycles. The molecule has 1 aliphatic carbocycles. The number of amides is 1. The molecule has 178 valence electrons. The molecule has 0 bridgehead atoms. The Labute approximate surface area is 185 Å². The van der Waals surface area contributed by atoms with E-state index in [0.717, 1.165) is 50.3 Å². The second-order valence-electron chi connectivity index (χ2n) is 8.05. The predicted octanol–water partition coefficient (Wildman–Crippen LogP) is 3.58. The first-order chi connectivity index (χ1) is 15.2. The monoisotopic (exact) mass is 457 g/mol. The van der Waals surface area contributed by atoms with Crippen LogP contribution in [0.15, 0.2) is 18.6 Å². The molecule has 0 unspecified atom stereocenters. The summed E-state index contributed by atoms with van der Waals surface area (Å²) in [7, 11) is 1.91. The first-order valence-corrected chi connectivity index (χ1v) is 10.7. The van der Waals surface area contributed by atoms with Crippen LogP contribution in [0.4, 0.5) is 13.2 Å². The highest BCUT2D eigenvalue weighted by molar-refractivity contribution is 5.93. The van der Waals surface area contributed by atoms with Crippen LogP contribution in [0.2, 0.25) is 0 Å². The summed E-state index contributed by atoms with van der Waals surface area (Å²) in [6.07, 6.45) is 6.05. The minimum Gasteiger partial charge on any atom is -0.381 e. The maximum atomic E-state index is 12.9. The van der Waals surface area contributed by atoms with Crippen LogP contribution in [0, 0.1) is 0 Å². The van der Waals surface area contributed by atoms with Gasteiger partial charge in [-0.05, 0) is 31.7 Å². The topological polar surface area (TPSA) is 102 Å². The standard InChI is InChI=1S/C20H27N5O2.CHF3O.H2/c1-25-13-21-12-18(25)19-23-16(14-7-9-27-10-8-14)11-17(24-19)20(26)22-15-5-3-2-4-6-15;2-1(3,4)5;/h11-15H,2-10H2,1H3,(H,22,26);5H;1H. The Morgan fingerprint density at radius 3 is 2.44 bits per heavy atom. The Kier molecular flexibility index (Phi) is 8.19. The predicted molar refractivity (Wildman–Crippen MR) is 112 cm³/mol. The van der Waals surface area contributed by atoms with Crippen molar-refractivity contribution < 1.29 is 29.2 Å². The van der Waals surface area contributed by atoms with Gasteiger partial charge in [0.2, 0.25) is 0 Å². The van der Waals surface area contributed by atoms with Gasteiger partial charge in [-0.2, -0.15) is 0 Å². The van der Waals surface area contributed by atoms with E-state index in [1.165, 1.54) is 19.3 Å². The number of halogens is 3. The number of aryl methyl sites for hydroxylation is 1. The van der Waals surface area contributed by atoms with Crippen LogP contribution < -0.4 is 5.32 Å². The summed E-state index contributed by atoms with van der Waals surface area (Å²) < 4.78 is 37.1. The zero-order valence-electron chi connectivity index (χ0n) is 17.9. The highest BCUT2D eigenvalue weighted by Crippen LogP contribution is 2.28. The van der Waals surface area contributed by atoms with Gasteiger partial charge in [-0.25, -0.2) is 15.0 Å². The lowest BCUT2D eigenvalue weighted by molar-refractivity contribution is -0.295. The molecule has 2 aromatic rings. The molecule has 11 heteroatoms. The number of imidazole rings is 1. The number of hydrogen-bond acceptors (Lipinski definition) is 6. The van der Waals surface area contributed by atoms with E-state index in [0.29, 0.717) is 17.4 Å². The SMILES string of the molecule is Cn1cncc1-c1nc(C(=O)NC2CCCCC2)cc(C2CCOCC2)n1.OC(F)(F)F.[HH]. The smallest absolute Gasteiger partial charge is 0.381 e. The van der Waals surface area contributed by atoms with Crippen molar-refractivity contribution in [1.29, 1.82) is 0 Å². The summed E-state index contributed by atoms with van der Waals surface area (Å²) >= 11 is 0. The van der Waals surface area contributed by atoms with Crippen LogP contribution in [0.5, 0.6) is 0 Å².